The monoisotopic (exact) mass is 270 g/mol. The number of unbranched alkanes of at least 4 members (excludes halogenated alkanes) is 2. The van der Waals surface area contributed by atoms with Crippen LogP contribution in [-0.4, -0.2) is 46.9 Å². The van der Waals surface area contributed by atoms with Crippen LogP contribution in [0.1, 0.15) is 40.0 Å². The molecular formula is C13H22N2O4. The lowest BCUT2D eigenvalue weighted by atomic mass is 10.0. The maximum absolute atomic E-state index is 12.1. The van der Waals surface area contributed by atoms with Crippen molar-refractivity contribution >= 4 is 17.6 Å². The van der Waals surface area contributed by atoms with Gasteiger partial charge in [-0.25, -0.2) is 0 Å². The minimum atomic E-state index is -0.793. The van der Waals surface area contributed by atoms with Crippen molar-refractivity contribution in [1.82, 2.24) is 4.90 Å². The second-order valence-electron chi connectivity index (χ2n) is 4.66. The topological polar surface area (TPSA) is 79.2 Å². The molecule has 1 saturated heterocycles. The van der Waals surface area contributed by atoms with Crippen LogP contribution in [-0.2, 0) is 14.3 Å². The molecule has 0 aliphatic carbocycles. The van der Waals surface area contributed by atoms with E-state index in [0.29, 0.717) is 6.54 Å². The summed E-state index contributed by atoms with van der Waals surface area (Å²) < 4.78 is 4.94. The van der Waals surface area contributed by atoms with Crippen molar-refractivity contribution in [2.75, 3.05) is 13.2 Å². The predicted octanol–water partition coefficient (Wildman–Crippen LogP) is 1.42. The average molecular weight is 270 g/mol. The van der Waals surface area contributed by atoms with Crippen LogP contribution < -0.4 is 0 Å². The third kappa shape index (κ3) is 3.24. The largest absolute Gasteiger partial charge is 0.465 e. The highest BCUT2D eigenvalue weighted by Gasteiger charge is 2.48. The van der Waals surface area contributed by atoms with Gasteiger partial charge in [0.05, 0.1) is 6.61 Å². The Bertz CT molecular complexity index is 368. The van der Waals surface area contributed by atoms with Crippen molar-refractivity contribution < 1.29 is 19.5 Å². The second-order valence-corrected chi connectivity index (χ2v) is 4.66. The molecule has 1 aliphatic heterocycles. The molecular weight excluding hydrogens is 248 g/mol. The first-order chi connectivity index (χ1) is 9.08. The molecule has 1 heterocycles. The minimum absolute atomic E-state index is 0.109. The first kappa shape index (κ1) is 15.5. The van der Waals surface area contributed by atoms with Crippen LogP contribution >= 0.6 is 0 Å². The van der Waals surface area contributed by atoms with Gasteiger partial charge in [-0.15, -0.1) is 0 Å². The Balaban J connectivity index is 2.83. The van der Waals surface area contributed by atoms with E-state index in [1.54, 1.807) is 18.7 Å². The second kappa shape index (κ2) is 7.11. The molecule has 1 aliphatic rings. The lowest BCUT2D eigenvalue weighted by Gasteiger charge is -2.22. The standard InChI is InChI=1S/C13H22N2O4/c1-4-6-7-8-15-9(3)10(13(17)19-5-2)11(14-18)12(15)16/h9-10,18H,4-8H2,1-3H3. The fraction of sp³-hybridized carbons (Fsp3) is 0.769. The van der Waals surface area contributed by atoms with Crippen LogP contribution in [0.2, 0.25) is 0 Å². The van der Waals surface area contributed by atoms with Gasteiger partial charge in [-0.05, 0) is 20.3 Å². The molecule has 2 atom stereocenters. The van der Waals surface area contributed by atoms with Gasteiger partial charge in [-0.2, -0.15) is 0 Å². The highest BCUT2D eigenvalue weighted by Crippen LogP contribution is 2.25. The summed E-state index contributed by atoms with van der Waals surface area (Å²) >= 11 is 0. The van der Waals surface area contributed by atoms with E-state index in [4.69, 9.17) is 9.94 Å². The van der Waals surface area contributed by atoms with Crippen molar-refractivity contribution in [2.45, 2.75) is 46.1 Å². The number of oxime groups is 1. The molecule has 0 aromatic carbocycles. The van der Waals surface area contributed by atoms with E-state index in [1.807, 2.05) is 0 Å². The van der Waals surface area contributed by atoms with Crippen molar-refractivity contribution in [2.24, 2.45) is 11.1 Å². The highest BCUT2D eigenvalue weighted by atomic mass is 16.5. The number of carbonyl (C=O) groups is 2. The van der Waals surface area contributed by atoms with Gasteiger partial charge >= 0.3 is 5.97 Å². The minimum Gasteiger partial charge on any atom is -0.465 e. The maximum atomic E-state index is 12.1. The van der Waals surface area contributed by atoms with Gasteiger partial charge in [-0.3, -0.25) is 9.59 Å². The zero-order valence-corrected chi connectivity index (χ0v) is 11.8. The number of ether oxygens (including phenoxy) is 1. The fourth-order valence-corrected chi connectivity index (χ4v) is 2.36. The van der Waals surface area contributed by atoms with Gasteiger partial charge in [-0.1, -0.05) is 24.9 Å². The zero-order chi connectivity index (χ0) is 14.4. The molecule has 6 nitrogen and oxygen atoms in total. The Morgan fingerprint density at radius 3 is 2.63 bits per heavy atom. The van der Waals surface area contributed by atoms with E-state index in [2.05, 4.69) is 12.1 Å². The van der Waals surface area contributed by atoms with Crippen molar-refractivity contribution in [3.63, 3.8) is 0 Å². The summed E-state index contributed by atoms with van der Waals surface area (Å²) in [5, 5.41) is 12.0. The molecule has 0 saturated carbocycles. The third-order valence-electron chi connectivity index (χ3n) is 3.40. The Morgan fingerprint density at radius 2 is 2.11 bits per heavy atom. The summed E-state index contributed by atoms with van der Waals surface area (Å²) in [5.74, 6) is -1.67. The van der Waals surface area contributed by atoms with Crippen LogP contribution in [0.15, 0.2) is 5.16 Å². The van der Waals surface area contributed by atoms with E-state index in [0.717, 1.165) is 19.3 Å². The Labute approximate surface area is 113 Å². The summed E-state index contributed by atoms with van der Waals surface area (Å²) in [6.07, 6.45) is 2.95. The van der Waals surface area contributed by atoms with Crippen LogP contribution in [0.25, 0.3) is 0 Å². The molecule has 19 heavy (non-hydrogen) atoms. The number of rotatable bonds is 6. The van der Waals surface area contributed by atoms with Crippen molar-refractivity contribution in [1.29, 1.82) is 0 Å². The Kier molecular flexibility index (Phi) is 5.79. The van der Waals surface area contributed by atoms with Crippen molar-refractivity contribution in [3.05, 3.63) is 0 Å². The predicted molar refractivity (Wildman–Crippen MR) is 70.0 cm³/mol. The fourth-order valence-electron chi connectivity index (χ4n) is 2.36. The summed E-state index contributed by atoms with van der Waals surface area (Å²) in [5.41, 5.74) is -0.109. The van der Waals surface area contributed by atoms with E-state index < -0.39 is 11.9 Å². The normalized spacial score (nSPS) is 25.1. The number of hydrogen-bond donors (Lipinski definition) is 1. The van der Waals surface area contributed by atoms with Gasteiger partial charge in [0, 0.05) is 12.6 Å². The van der Waals surface area contributed by atoms with E-state index in [1.165, 1.54) is 0 Å². The quantitative estimate of drug-likeness (QED) is 0.342. The number of amides is 1. The smallest absolute Gasteiger partial charge is 0.317 e. The molecule has 1 N–H and O–H groups in total. The van der Waals surface area contributed by atoms with Gasteiger partial charge in [0.1, 0.15) is 5.92 Å². The van der Waals surface area contributed by atoms with Crippen molar-refractivity contribution in [3.8, 4) is 0 Å². The maximum Gasteiger partial charge on any atom is 0.317 e. The molecule has 6 heteroatoms. The number of nitrogens with zero attached hydrogens (tertiary/aromatic N) is 2. The average Bonchev–Trinajstić information content (AvgIpc) is 2.62. The molecule has 0 aromatic heterocycles. The SMILES string of the molecule is CCCCCN1C(=O)C(=NO)C(C(=O)OCC)C1C. The number of likely N-dealkylation sites (tertiary alicyclic amines) is 1. The van der Waals surface area contributed by atoms with Gasteiger partial charge in [0.15, 0.2) is 5.71 Å². The van der Waals surface area contributed by atoms with Gasteiger partial charge in [0.25, 0.3) is 5.91 Å². The Hall–Kier alpha value is -1.59. The third-order valence-corrected chi connectivity index (χ3v) is 3.40. The first-order valence-corrected chi connectivity index (χ1v) is 6.77. The molecule has 108 valence electrons. The lowest BCUT2D eigenvalue weighted by molar-refractivity contribution is -0.146. The molecule has 0 bridgehead atoms. The highest BCUT2D eigenvalue weighted by molar-refractivity contribution is 6.44. The van der Waals surface area contributed by atoms with Gasteiger partial charge < -0.3 is 14.8 Å². The van der Waals surface area contributed by atoms with Crippen LogP contribution in [0.3, 0.4) is 0 Å². The molecule has 0 spiro atoms. The van der Waals surface area contributed by atoms with Crippen LogP contribution in [0.4, 0.5) is 0 Å². The molecule has 0 radical (unpaired) electrons. The lowest BCUT2D eigenvalue weighted by Crippen LogP contribution is -2.36. The summed E-state index contributed by atoms with van der Waals surface area (Å²) in [6, 6.07) is -0.325. The molecule has 1 rings (SSSR count). The van der Waals surface area contributed by atoms with Gasteiger partial charge in [0.2, 0.25) is 0 Å². The van der Waals surface area contributed by atoms with E-state index in [9.17, 15) is 9.59 Å². The molecule has 1 amide bonds. The molecule has 1 fully saturated rings. The van der Waals surface area contributed by atoms with Crippen LogP contribution in [0.5, 0.6) is 0 Å². The summed E-state index contributed by atoms with van der Waals surface area (Å²) in [7, 11) is 0. The summed E-state index contributed by atoms with van der Waals surface area (Å²) in [4.78, 5) is 25.5. The Morgan fingerprint density at radius 1 is 1.42 bits per heavy atom. The first-order valence-electron chi connectivity index (χ1n) is 6.77. The summed E-state index contributed by atoms with van der Waals surface area (Å²) in [6.45, 7) is 6.38. The van der Waals surface area contributed by atoms with E-state index >= 15 is 0 Å². The zero-order valence-electron chi connectivity index (χ0n) is 11.8. The number of hydrogen-bond acceptors (Lipinski definition) is 5. The molecule has 2 unspecified atom stereocenters. The van der Waals surface area contributed by atoms with Crippen LogP contribution in [0, 0.1) is 5.92 Å². The number of carbonyl (C=O) groups excluding carboxylic acids is 2. The number of esters is 1. The molecule has 0 aromatic rings. The van der Waals surface area contributed by atoms with E-state index in [-0.39, 0.29) is 24.3 Å².